The first-order valence-corrected chi connectivity index (χ1v) is 9.80. The molecule has 0 unspecified atom stereocenters. The molecule has 2 heterocycles. The van der Waals surface area contributed by atoms with Gasteiger partial charge in [-0.3, -0.25) is 9.78 Å². The number of amides is 2. The van der Waals surface area contributed by atoms with Gasteiger partial charge in [0.15, 0.2) is 0 Å². The van der Waals surface area contributed by atoms with E-state index in [9.17, 15) is 14.4 Å². The van der Waals surface area contributed by atoms with Crippen molar-refractivity contribution < 1.29 is 23.9 Å². The lowest BCUT2D eigenvalue weighted by Gasteiger charge is -2.26. The third-order valence-electron chi connectivity index (χ3n) is 5.05. The maximum Gasteiger partial charge on any atom is 0.338 e. The van der Waals surface area contributed by atoms with Crippen LogP contribution in [0.5, 0.6) is 0 Å². The van der Waals surface area contributed by atoms with Crippen LogP contribution in [0.4, 0.5) is 4.79 Å². The largest absolute Gasteiger partial charge is 0.463 e. The Morgan fingerprint density at radius 1 is 1.17 bits per heavy atom. The molecule has 3 rings (SSSR count). The van der Waals surface area contributed by atoms with Crippen LogP contribution in [0.3, 0.4) is 0 Å². The summed E-state index contributed by atoms with van der Waals surface area (Å²) in [5.74, 6) is -1.04. The lowest BCUT2D eigenvalue weighted by molar-refractivity contribution is -0.143. The van der Waals surface area contributed by atoms with E-state index < -0.39 is 24.0 Å². The number of ether oxygens (including phenoxy) is 2. The number of para-hydroxylation sites is 1. The van der Waals surface area contributed by atoms with Crippen molar-refractivity contribution in [2.75, 3.05) is 13.2 Å². The van der Waals surface area contributed by atoms with Gasteiger partial charge in [0.25, 0.3) is 0 Å². The van der Waals surface area contributed by atoms with Crippen LogP contribution in [0.15, 0.2) is 35.5 Å². The molecule has 0 spiro atoms. The summed E-state index contributed by atoms with van der Waals surface area (Å²) in [6, 6.07) is 6.73. The SMILES string of the molecule is CCOC(=O)C1=C(COC(=O)Cc2c(C)nc3ccccc3c2C)NC(=O)N[C@@H]1C. The first-order chi connectivity index (χ1) is 14.3. The molecule has 30 heavy (non-hydrogen) atoms. The van der Waals surface area contributed by atoms with Gasteiger partial charge in [0.1, 0.15) is 6.61 Å². The molecule has 8 heteroatoms. The Kier molecular flexibility index (Phi) is 6.34. The molecule has 1 aromatic heterocycles. The number of esters is 2. The van der Waals surface area contributed by atoms with E-state index in [2.05, 4.69) is 15.6 Å². The number of carbonyl (C=O) groups excluding carboxylic acids is 3. The number of benzene rings is 1. The number of aryl methyl sites for hydroxylation is 2. The maximum atomic E-state index is 12.5. The van der Waals surface area contributed by atoms with E-state index >= 15 is 0 Å². The van der Waals surface area contributed by atoms with Gasteiger partial charge in [-0.2, -0.15) is 0 Å². The van der Waals surface area contributed by atoms with Gasteiger partial charge in [-0.15, -0.1) is 0 Å². The Labute approximate surface area is 174 Å². The first-order valence-electron chi connectivity index (χ1n) is 9.80. The monoisotopic (exact) mass is 411 g/mol. The summed E-state index contributed by atoms with van der Waals surface area (Å²) in [7, 11) is 0. The van der Waals surface area contributed by atoms with Gasteiger partial charge in [-0.25, -0.2) is 9.59 Å². The highest BCUT2D eigenvalue weighted by Crippen LogP contribution is 2.23. The molecule has 0 saturated carbocycles. The van der Waals surface area contributed by atoms with E-state index in [1.165, 1.54) is 0 Å². The minimum atomic E-state index is -0.561. The van der Waals surface area contributed by atoms with Crippen LogP contribution in [0, 0.1) is 13.8 Å². The average Bonchev–Trinajstić information content (AvgIpc) is 2.69. The molecule has 2 amide bonds. The van der Waals surface area contributed by atoms with Gasteiger partial charge >= 0.3 is 18.0 Å². The number of hydrogen-bond donors (Lipinski definition) is 2. The molecule has 8 nitrogen and oxygen atoms in total. The predicted molar refractivity (Wildman–Crippen MR) is 111 cm³/mol. The van der Waals surface area contributed by atoms with E-state index in [0.717, 1.165) is 27.7 Å². The number of fused-ring (bicyclic) bond motifs is 1. The molecule has 2 aromatic rings. The van der Waals surface area contributed by atoms with Crippen molar-refractivity contribution in [2.45, 2.75) is 40.2 Å². The molecule has 0 radical (unpaired) electrons. The van der Waals surface area contributed by atoms with Crippen molar-refractivity contribution in [1.29, 1.82) is 0 Å². The fourth-order valence-electron chi connectivity index (χ4n) is 3.57. The Balaban J connectivity index is 1.78. The van der Waals surface area contributed by atoms with Gasteiger partial charge < -0.3 is 20.1 Å². The fraction of sp³-hybridized carbons (Fsp3) is 0.364. The van der Waals surface area contributed by atoms with Crippen molar-refractivity contribution in [3.05, 3.63) is 52.4 Å². The first kappa shape index (κ1) is 21.3. The van der Waals surface area contributed by atoms with Crippen molar-refractivity contribution in [3.63, 3.8) is 0 Å². The molecule has 1 atom stereocenters. The van der Waals surface area contributed by atoms with Crippen LogP contribution >= 0.6 is 0 Å². The summed E-state index contributed by atoms with van der Waals surface area (Å²) in [4.78, 5) is 41.2. The quantitative estimate of drug-likeness (QED) is 0.707. The van der Waals surface area contributed by atoms with Gasteiger partial charge in [0.2, 0.25) is 0 Å². The summed E-state index contributed by atoms with van der Waals surface area (Å²) in [5, 5.41) is 6.13. The van der Waals surface area contributed by atoms with E-state index in [4.69, 9.17) is 9.47 Å². The van der Waals surface area contributed by atoms with Gasteiger partial charge in [0, 0.05) is 11.1 Å². The minimum Gasteiger partial charge on any atom is -0.463 e. The Bertz CT molecular complexity index is 1040. The third-order valence-corrected chi connectivity index (χ3v) is 5.05. The number of carbonyl (C=O) groups is 3. The highest BCUT2D eigenvalue weighted by Gasteiger charge is 2.30. The predicted octanol–water partition coefficient (Wildman–Crippen LogP) is 2.46. The molecular weight excluding hydrogens is 386 g/mol. The number of aromatic nitrogens is 1. The summed E-state index contributed by atoms with van der Waals surface area (Å²) in [6.45, 7) is 7.14. The number of pyridine rings is 1. The molecule has 0 bridgehead atoms. The zero-order chi connectivity index (χ0) is 21.8. The number of urea groups is 1. The molecule has 2 N–H and O–H groups in total. The third kappa shape index (κ3) is 4.42. The molecule has 0 fully saturated rings. The Morgan fingerprint density at radius 2 is 1.90 bits per heavy atom. The summed E-state index contributed by atoms with van der Waals surface area (Å²) in [6.07, 6.45) is 0.0409. The fourth-order valence-corrected chi connectivity index (χ4v) is 3.57. The number of rotatable bonds is 6. The zero-order valence-corrected chi connectivity index (χ0v) is 17.5. The second-order valence-corrected chi connectivity index (χ2v) is 7.09. The van der Waals surface area contributed by atoms with E-state index in [1.807, 2.05) is 38.1 Å². The smallest absolute Gasteiger partial charge is 0.338 e. The topological polar surface area (TPSA) is 107 Å². The van der Waals surface area contributed by atoms with E-state index in [1.54, 1.807) is 13.8 Å². The summed E-state index contributed by atoms with van der Waals surface area (Å²) in [5.41, 5.74) is 3.89. The van der Waals surface area contributed by atoms with Crippen molar-refractivity contribution in [2.24, 2.45) is 0 Å². The van der Waals surface area contributed by atoms with Gasteiger partial charge in [-0.05, 0) is 44.9 Å². The molecular formula is C22H25N3O5. The maximum absolute atomic E-state index is 12.5. The zero-order valence-electron chi connectivity index (χ0n) is 17.5. The van der Waals surface area contributed by atoms with E-state index in [-0.39, 0.29) is 30.9 Å². The molecule has 1 aliphatic rings. The number of nitrogens with zero attached hydrogens (tertiary/aromatic N) is 1. The van der Waals surface area contributed by atoms with Crippen LogP contribution in [0.2, 0.25) is 0 Å². The lowest BCUT2D eigenvalue weighted by Crippen LogP contribution is -2.50. The summed E-state index contributed by atoms with van der Waals surface area (Å²) >= 11 is 0. The molecule has 1 aromatic carbocycles. The summed E-state index contributed by atoms with van der Waals surface area (Å²) < 4.78 is 10.4. The van der Waals surface area contributed by atoms with Gasteiger partial charge in [0.05, 0.1) is 35.9 Å². The molecule has 0 aliphatic carbocycles. The van der Waals surface area contributed by atoms with Crippen molar-refractivity contribution in [3.8, 4) is 0 Å². The lowest BCUT2D eigenvalue weighted by atomic mass is 9.99. The highest BCUT2D eigenvalue weighted by atomic mass is 16.5. The second kappa shape index (κ2) is 8.94. The van der Waals surface area contributed by atoms with Crippen LogP contribution in [0.25, 0.3) is 10.9 Å². The normalized spacial score (nSPS) is 16.1. The average molecular weight is 411 g/mol. The second-order valence-electron chi connectivity index (χ2n) is 7.09. The Hall–Kier alpha value is -3.42. The standard InChI is InChI=1S/C22H25N3O5/c1-5-29-21(27)20-14(4)24-22(28)25-18(20)11-30-19(26)10-16-12(2)15-8-6-7-9-17(15)23-13(16)3/h6-9,14H,5,10-11H2,1-4H3,(H2,24,25,28)/t14-/m1/s1. The molecule has 0 saturated heterocycles. The number of hydrogen-bond acceptors (Lipinski definition) is 6. The number of nitrogens with one attached hydrogen (secondary N) is 2. The Morgan fingerprint density at radius 3 is 2.63 bits per heavy atom. The highest BCUT2D eigenvalue weighted by molar-refractivity contribution is 5.94. The minimum absolute atomic E-state index is 0.0409. The van der Waals surface area contributed by atoms with Crippen LogP contribution in [0.1, 0.15) is 30.7 Å². The van der Waals surface area contributed by atoms with E-state index in [0.29, 0.717) is 0 Å². The van der Waals surface area contributed by atoms with Gasteiger partial charge in [-0.1, -0.05) is 18.2 Å². The molecule has 158 valence electrons. The van der Waals surface area contributed by atoms with Crippen LogP contribution in [-0.4, -0.2) is 42.2 Å². The van der Waals surface area contributed by atoms with Crippen molar-refractivity contribution >= 4 is 28.9 Å². The van der Waals surface area contributed by atoms with Crippen LogP contribution < -0.4 is 10.6 Å². The van der Waals surface area contributed by atoms with Crippen LogP contribution in [-0.2, 0) is 25.5 Å². The van der Waals surface area contributed by atoms with Crippen molar-refractivity contribution in [1.82, 2.24) is 15.6 Å². The molecule has 1 aliphatic heterocycles.